The lowest BCUT2D eigenvalue weighted by Crippen LogP contribution is -2.40. The Bertz CT molecular complexity index is 536. The van der Waals surface area contributed by atoms with Crippen LogP contribution in [-0.2, 0) is 12.1 Å². The number of rotatable bonds is 3. The van der Waals surface area contributed by atoms with Gasteiger partial charge in [0.25, 0.3) is 0 Å². The van der Waals surface area contributed by atoms with Crippen molar-refractivity contribution in [2.24, 2.45) is 5.92 Å². The molecular formula is C19H30N2O2. The van der Waals surface area contributed by atoms with Gasteiger partial charge in [-0.2, -0.15) is 0 Å². The van der Waals surface area contributed by atoms with E-state index < -0.39 is 5.60 Å². The van der Waals surface area contributed by atoms with Crippen molar-refractivity contribution in [3.63, 3.8) is 0 Å². The fourth-order valence-corrected chi connectivity index (χ4v) is 3.69. The van der Waals surface area contributed by atoms with E-state index in [2.05, 4.69) is 48.9 Å². The van der Waals surface area contributed by atoms with Crippen LogP contribution in [0.3, 0.4) is 0 Å². The lowest BCUT2D eigenvalue weighted by Gasteiger charge is -2.37. The van der Waals surface area contributed by atoms with Gasteiger partial charge in [0.1, 0.15) is 12.4 Å². The van der Waals surface area contributed by atoms with E-state index in [1.54, 1.807) is 0 Å². The van der Waals surface area contributed by atoms with Gasteiger partial charge in [-0.25, -0.2) is 0 Å². The number of likely N-dealkylation sites (tertiary alicyclic amines) is 1. The first-order valence-electron chi connectivity index (χ1n) is 8.86. The molecule has 1 aromatic carbocycles. The number of fused-ring (bicyclic) bond motifs is 1. The molecule has 2 heterocycles. The van der Waals surface area contributed by atoms with Crippen molar-refractivity contribution in [2.75, 3.05) is 39.8 Å². The molecule has 0 amide bonds. The molecule has 23 heavy (non-hydrogen) atoms. The molecule has 128 valence electrons. The molecule has 1 aromatic rings. The minimum Gasteiger partial charge on any atom is -0.492 e. The third-order valence-corrected chi connectivity index (χ3v) is 5.09. The molecule has 4 nitrogen and oxygen atoms in total. The van der Waals surface area contributed by atoms with Gasteiger partial charge in [-0.3, -0.25) is 4.90 Å². The standard InChI is InChI=1S/C19H30N2O2/c1-15(2)13-21-10-11-23-18-5-4-17(12-16(18)14-21)19(22)6-8-20(3)9-7-19/h4-5,12,15,22H,6-11,13-14H2,1-3H3. The molecular weight excluding hydrogens is 288 g/mol. The molecule has 0 spiro atoms. The second kappa shape index (κ2) is 6.80. The lowest BCUT2D eigenvalue weighted by atomic mass is 9.84. The fourth-order valence-electron chi connectivity index (χ4n) is 3.69. The van der Waals surface area contributed by atoms with Crippen LogP contribution in [0.5, 0.6) is 5.75 Å². The highest BCUT2D eigenvalue weighted by atomic mass is 16.5. The molecule has 2 aliphatic heterocycles. The molecule has 0 unspecified atom stereocenters. The van der Waals surface area contributed by atoms with Gasteiger partial charge in [0.05, 0.1) is 5.60 Å². The van der Waals surface area contributed by atoms with E-state index in [0.717, 1.165) is 63.5 Å². The molecule has 1 fully saturated rings. The van der Waals surface area contributed by atoms with E-state index in [-0.39, 0.29) is 0 Å². The summed E-state index contributed by atoms with van der Waals surface area (Å²) in [4.78, 5) is 4.74. The number of ether oxygens (including phenoxy) is 1. The van der Waals surface area contributed by atoms with E-state index in [4.69, 9.17) is 4.74 Å². The first-order chi connectivity index (χ1) is 11.0. The minimum atomic E-state index is -0.684. The molecule has 0 radical (unpaired) electrons. The summed E-state index contributed by atoms with van der Waals surface area (Å²) in [5.41, 5.74) is 1.59. The van der Waals surface area contributed by atoms with Crippen LogP contribution in [0.1, 0.15) is 37.8 Å². The maximum absolute atomic E-state index is 11.1. The second-order valence-electron chi connectivity index (χ2n) is 7.63. The molecule has 1 N–H and O–H groups in total. The van der Waals surface area contributed by atoms with Crippen molar-refractivity contribution < 1.29 is 9.84 Å². The van der Waals surface area contributed by atoms with Gasteiger partial charge in [0, 0.05) is 38.3 Å². The smallest absolute Gasteiger partial charge is 0.123 e. The molecule has 4 heteroatoms. The zero-order chi connectivity index (χ0) is 16.4. The summed E-state index contributed by atoms with van der Waals surface area (Å²) in [7, 11) is 2.12. The normalized spacial score (nSPS) is 22.5. The average Bonchev–Trinajstić information content (AvgIpc) is 2.70. The molecule has 0 bridgehead atoms. The van der Waals surface area contributed by atoms with Gasteiger partial charge in [0.15, 0.2) is 0 Å². The van der Waals surface area contributed by atoms with Crippen molar-refractivity contribution in [1.29, 1.82) is 0 Å². The average molecular weight is 318 g/mol. The van der Waals surface area contributed by atoms with Crippen LogP contribution in [-0.4, -0.2) is 54.7 Å². The van der Waals surface area contributed by atoms with Crippen molar-refractivity contribution in [3.05, 3.63) is 29.3 Å². The number of benzene rings is 1. The summed E-state index contributed by atoms with van der Waals surface area (Å²) in [6, 6.07) is 6.29. The molecule has 0 atom stereocenters. The van der Waals surface area contributed by atoms with Crippen LogP contribution >= 0.6 is 0 Å². The highest BCUT2D eigenvalue weighted by Gasteiger charge is 2.33. The SMILES string of the molecule is CC(C)CN1CCOc2ccc(C3(O)CCN(C)CC3)cc2C1. The van der Waals surface area contributed by atoms with Crippen molar-refractivity contribution in [3.8, 4) is 5.75 Å². The van der Waals surface area contributed by atoms with Crippen molar-refractivity contribution in [2.45, 2.75) is 38.8 Å². The Balaban J connectivity index is 1.82. The summed E-state index contributed by atoms with van der Waals surface area (Å²) in [6.45, 7) is 10.1. The monoisotopic (exact) mass is 318 g/mol. The predicted molar refractivity (Wildman–Crippen MR) is 92.7 cm³/mol. The van der Waals surface area contributed by atoms with Crippen LogP contribution in [0, 0.1) is 5.92 Å². The third kappa shape index (κ3) is 3.87. The molecule has 0 aliphatic carbocycles. The molecule has 0 aromatic heterocycles. The summed E-state index contributed by atoms with van der Waals surface area (Å²) < 4.78 is 5.92. The topological polar surface area (TPSA) is 35.9 Å². The Hall–Kier alpha value is -1.10. The summed E-state index contributed by atoms with van der Waals surface area (Å²) in [5, 5.41) is 11.1. The molecule has 2 aliphatic rings. The third-order valence-electron chi connectivity index (χ3n) is 5.09. The number of aliphatic hydroxyl groups is 1. The van der Waals surface area contributed by atoms with E-state index in [9.17, 15) is 5.11 Å². The van der Waals surface area contributed by atoms with Crippen LogP contribution in [0.25, 0.3) is 0 Å². The Kier molecular flexibility index (Phi) is 4.95. The minimum absolute atomic E-state index is 0.651. The molecule has 1 saturated heterocycles. The Labute approximate surface area is 140 Å². The lowest BCUT2D eigenvalue weighted by molar-refractivity contribution is -0.0204. The Morgan fingerprint density at radius 3 is 2.65 bits per heavy atom. The number of hydrogen-bond acceptors (Lipinski definition) is 4. The summed E-state index contributed by atoms with van der Waals surface area (Å²) >= 11 is 0. The predicted octanol–water partition coefficient (Wildman–Crippen LogP) is 2.45. The Morgan fingerprint density at radius 2 is 1.96 bits per heavy atom. The highest BCUT2D eigenvalue weighted by molar-refractivity contribution is 5.40. The van der Waals surface area contributed by atoms with E-state index in [0.29, 0.717) is 5.92 Å². The van der Waals surface area contributed by atoms with E-state index in [1.165, 1.54) is 5.56 Å². The fraction of sp³-hybridized carbons (Fsp3) is 0.684. The van der Waals surface area contributed by atoms with Gasteiger partial charge in [-0.15, -0.1) is 0 Å². The maximum atomic E-state index is 11.1. The second-order valence-corrected chi connectivity index (χ2v) is 7.63. The van der Waals surface area contributed by atoms with Gasteiger partial charge in [-0.1, -0.05) is 19.9 Å². The zero-order valence-electron chi connectivity index (χ0n) is 14.7. The molecule has 3 rings (SSSR count). The summed E-state index contributed by atoms with van der Waals surface area (Å²) in [5.74, 6) is 1.63. The van der Waals surface area contributed by atoms with Gasteiger partial charge in [-0.05, 0) is 43.5 Å². The quantitative estimate of drug-likeness (QED) is 0.929. The summed E-state index contributed by atoms with van der Waals surface area (Å²) in [6.07, 6.45) is 1.61. The number of hydrogen-bond donors (Lipinski definition) is 1. The van der Waals surface area contributed by atoms with E-state index in [1.807, 2.05) is 0 Å². The van der Waals surface area contributed by atoms with Gasteiger partial charge in [0.2, 0.25) is 0 Å². The van der Waals surface area contributed by atoms with Crippen LogP contribution in [0.4, 0.5) is 0 Å². The van der Waals surface area contributed by atoms with E-state index >= 15 is 0 Å². The largest absolute Gasteiger partial charge is 0.492 e. The number of piperidine rings is 1. The van der Waals surface area contributed by atoms with Gasteiger partial charge >= 0.3 is 0 Å². The first kappa shape index (κ1) is 16.7. The van der Waals surface area contributed by atoms with Gasteiger partial charge < -0.3 is 14.7 Å². The Morgan fingerprint density at radius 1 is 1.22 bits per heavy atom. The van der Waals surface area contributed by atoms with Crippen LogP contribution in [0.2, 0.25) is 0 Å². The zero-order valence-corrected chi connectivity index (χ0v) is 14.7. The maximum Gasteiger partial charge on any atom is 0.123 e. The first-order valence-corrected chi connectivity index (χ1v) is 8.86. The van der Waals surface area contributed by atoms with Crippen LogP contribution in [0.15, 0.2) is 18.2 Å². The van der Waals surface area contributed by atoms with Crippen molar-refractivity contribution >= 4 is 0 Å². The number of nitrogens with zero attached hydrogens (tertiary/aromatic N) is 2. The van der Waals surface area contributed by atoms with Crippen LogP contribution < -0.4 is 4.74 Å². The highest BCUT2D eigenvalue weighted by Crippen LogP contribution is 2.35. The molecule has 0 saturated carbocycles. The van der Waals surface area contributed by atoms with Crippen molar-refractivity contribution in [1.82, 2.24) is 9.80 Å².